The van der Waals surface area contributed by atoms with E-state index in [4.69, 9.17) is 0 Å². The summed E-state index contributed by atoms with van der Waals surface area (Å²) in [7, 11) is 0. The van der Waals surface area contributed by atoms with Gasteiger partial charge < -0.3 is 5.32 Å². The van der Waals surface area contributed by atoms with E-state index in [2.05, 4.69) is 21.9 Å². The van der Waals surface area contributed by atoms with Gasteiger partial charge in [-0.15, -0.1) is 17.9 Å². The molecule has 27 heavy (non-hydrogen) atoms. The molecular formula is C19H20N4O2S2. The first-order valence-electron chi connectivity index (χ1n) is 8.41. The van der Waals surface area contributed by atoms with E-state index in [1.165, 1.54) is 23.1 Å². The topological polar surface area (TPSA) is 76.9 Å². The summed E-state index contributed by atoms with van der Waals surface area (Å²) in [6.45, 7) is 8.42. The highest BCUT2D eigenvalue weighted by molar-refractivity contribution is 7.99. The van der Waals surface area contributed by atoms with Gasteiger partial charge >= 0.3 is 0 Å². The van der Waals surface area contributed by atoms with E-state index in [0.29, 0.717) is 28.5 Å². The predicted octanol–water partition coefficient (Wildman–Crippen LogP) is 3.06. The lowest BCUT2D eigenvalue weighted by atomic mass is 10.2. The first kappa shape index (κ1) is 19.3. The van der Waals surface area contributed by atoms with Gasteiger partial charge in [-0.25, -0.2) is 4.98 Å². The largest absolute Gasteiger partial charge is 0.351 e. The van der Waals surface area contributed by atoms with Crippen molar-refractivity contribution in [2.24, 2.45) is 0 Å². The summed E-state index contributed by atoms with van der Waals surface area (Å²) in [5.74, 6) is 0.0560. The Morgan fingerprint density at radius 1 is 1.44 bits per heavy atom. The average Bonchev–Trinajstić information content (AvgIpc) is 2.96. The van der Waals surface area contributed by atoms with Crippen LogP contribution in [0.25, 0.3) is 10.2 Å². The fraction of sp³-hybridized carbons (Fsp3) is 0.263. The highest BCUT2D eigenvalue weighted by Crippen LogP contribution is 2.28. The zero-order chi connectivity index (χ0) is 19.4. The first-order valence-corrected chi connectivity index (χ1v) is 10.2. The summed E-state index contributed by atoms with van der Waals surface area (Å²) in [4.78, 5) is 35.5. The third kappa shape index (κ3) is 4.28. The molecule has 0 fully saturated rings. The zero-order valence-corrected chi connectivity index (χ0v) is 16.8. The minimum Gasteiger partial charge on any atom is -0.351 e. The number of aromatic nitrogens is 3. The number of carbonyl (C=O) groups is 1. The lowest BCUT2D eigenvalue weighted by molar-refractivity contribution is -0.118. The summed E-state index contributed by atoms with van der Waals surface area (Å²) in [5, 5.41) is 4.04. The monoisotopic (exact) mass is 400 g/mol. The molecular weight excluding hydrogens is 380 g/mol. The summed E-state index contributed by atoms with van der Waals surface area (Å²) in [5.41, 5.74) is 1.82. The van der Waals surface area contributed by atoms with Crippen LogP contribution in [-0.2, 0) is 17.9 Å². The van der Waals surface area contributed by atoms with Crippen molar-refractivity contribution in [2.45, 2.75) is 32.1 Å². The number of nitrogens with zero attached hydrogens (tertiary/aromatic N) is 3. The molecule has 1 N–H and O–H groups in total. The Hall–Kier alpha value is -2.45. The maximum absolute atomic E-state index is 12.9. The van der Waals surface area contributed by atoms with Crippen molar-refractivity contribution in [1.29, 1.82) is 0 Å². The molecule has 0 aromatic carbocycles. The van der Waals surface area contributed by atoms with Gasteiger partial charge in [-0.05, 0) is 31.0 Å². The number of carbonyl (C=O) groups excluding carboxylic acids is 1. The number of allylic oxidation sites excluding steroid dienone is 1. The second-order valence-corrected chi connectivity index (χ2v) is 8.13. The Morgan fingerprint density at radius 2 is 2.26 bits per heavy atom. The van der Waals surface area contributed by atoms with Crippen molar-refractivity contribution < 1.29 is 4.79 Å². The molecule has 3 aromatic heterocycles. The quantitative estimate of drug-likeness (QED) is 0.375. The fourth-order valence-electron chi connectivity index (χ4n) is 2.59. The smallest absolute Gasteiger partial charge is 0.263 e. The molecule has 0 aliphatic rings. The lowest BCUT2D eigenvalue weighted by Gasteiger charge is -2.10. The van der Waals surface area contributed by atoms with E-state index in [0.717, 1.165) is 16.0 Å². The molecule has 3 heterocycles. The molecule has 0 atom stereocenters. The van der Waals surface area contributed by atoms with Gasteiger partial charge in [-0.2, -0.15) is 0 Å². The first-order chi connectivity index (χ1) is 13.0. The normalized spacial score (nSPS) is 10.9. The Kier molecular flexibility index (Phi) is 6.08. The SMILES string of the molecule is C=CCn1c(SCC(=O)NCc2cccnc2)nc2sc(C)c(C)c2c1=O. The Labute approximate surface area is 165 Å². The van der Waals surface area contributed by atoms with Crippen LogP contribution >= 0.6 is 23.1 Å². The molecule has 140 valence electrons. The number of amides is 1. The van der Waals surface area contributed by atoms with Crippen LogP contribution in [0.3, 0.4) is 0 Å². The molecule has 1 amide bonds. The van der Waals surface area contributed by atoms with Crippen LogP contribution < -0.4 is 10.9 Å². The molecule has 0 aliphatic carbocycles. The molecule has 0 radical (unpaired) electrons. The number of aryl methyl sites for hydroxylation is 2. The standard InChI is InChI=1S/C19H20N4O2S2/c1-4-8-23-18(25)16-12(2)13(3)27-17(16)22-19(23)26-11-15(24)21-10-14-6-5-7-20-9-14/h4-7,9H,1,8,10-11H2,2-3H3,(H,21,24). The fourth-order valence-corrected chi connectivity index (χ4v) is 4.50. The summed E-state index contributed by atoms with van der Waals surface area (Å²) in [6, 6.07) is 3.73. The second kappa shape index (κ2) is 8.49. The molecule has 3 rings (SSSR count). The molecule has 0 bridgehead atoms. The highest BCUT2D eigenvalue weighted by Gasteiger charge is 2.17. The number of nitrogens with one attached hydrogen (secondary N) is 1. The Balaban J connectivity index is 1.77. The van der Waals surface area contributed by atoms with Gasteiger partial charge in [-0.1, -0.05) is 23.9 Å². The number of thioether (sulfide) groups is 1. The number of pyridine rings is 1. The van der Waals surface area contributed by atoms with Crippen LogP contribution in [0, 0.1) is 13.8 Å². The Bertz CT molecular complexity index is 1040. The number of thiophene rings is 1. The molecule has 0 aliphatic heterocycles. The van der Waals surface area contributed by atoms with Gasteiger partial charge in [0.1, 0.15) is 4.83 Å². The van der Waals surface area contributed by atoms with Crippen molar-refractivity contribution in [2.75, 3.05) is 5.75 Å². The summed E-state index contributed by atoms with van der Waals surface area (Å²) < 4.78 is 1.58. The number of fused-ring (bicyclic) bond motifs is 1. The zero-order valence-electron chi connectivity index (χ0n) is 15.2. The van der Waals surface area contributed by atoms with E-state index in [1.807, 2.05) is 26.0 Å². The lowest BCUT2D eigenvalue weighted by Crippen LogP contribution is -2.26. The third-order valence-electron chi connectivity index (χ3n) is 4.11. The van der Waals surface area contributed by atoms with Crippen molar-refractivity contribution in [3.8, 4) is 0 Å². The van der Waals surface area contributed by atoms with Crippen molar-refractivity contribution in [3.05, 3.63) is 63.5 Å². The molecule has 6 nitrogen and oxygen atoms in total. The van der Waals surface area contributed by atoms with Gasteiger partial charge in [0.2, 0.25) is 5.91 Å². The molecule has 3 aromatic rings. The second-order valence-electron chi connectivity index (χ2n) is 5.99. The average molecular weight is 401 g/mol. The maximum atomic E-state index is 12.9. The van der Waals surface area contributed by atoms with Crippen LogP contribution in [0.15, 0.2) is 47.1 Å². The minimum atomic E-state index is -0.123. The third-order valence-corrected chi connectivity index (χ3v) is 6.19. The van der Waals surface area contributed by atoms with Crippen molar-refractivity contribution in [1.82, 2.24) is 19.9 Å². The van der Waals surface area contributed by atoms with Crippen LogP contribution in [0.1, 0.15) is 16.0 Å². The predicted molar refractivity (Wildman–Crippen MR) is 110 cm³/mol. The number of hydrogen-bond acceptors (Lipinski definition) is 6. The molecule has 0 unspecified atom stereocenters. The van der Waals surface area contributed by atoms with Gasteiger partial charge in [0.05, 0.1) is 11.1 Å². The van der Waals surface area contributed by atoms with E-state index >= 15 is 0 Å². The van der Waals surface area contributed by atoms with Crippen LogP contribution in [-0.4, -0.2) is 26.2 Å². The number of rotatable bonds is 7. The van der Waals surface area contributed by atoms with Gasteiger partial charge in [0.15, 0.2) is 5.16 Å². The Morgan fingerprint density at radius 3 is 2.96 bits per heavy atom. The molecule has 0 spiro atoms. The molecule has 8 heteroatoms. The van der Waals surface area contributed by atoms with Crippen LogP contribution in [0.4, 0.5) is 0 Å². The van der Waals surface area contributed by atoms with E-state index in [-0.39, 0.29) is 17.2 Å². The van der Waals surface area contributed by atoms with Crippen molar-refractivity contribution >= 4 is 39.2 Å². The van der Waals surface area contributed by atoms with Gasteiger partial charge in [-0.3, -0.25) is 19.1 Å². The van der Waals surface area contributed by atoms with Gasteiger partial charge in [0.25, 0.3) is 5.56 Å². The molecule has 0 saturated heterocycles. The van der Waals surface area contributed by atoms with Crippen molar-refractivity contribution in [3.63, 3.8) is 0 Å². The summed E-state index contributed by atoms with van der Waals surface area (Å²) in [6.07, 6.45) is 5.07. The highest BCUT2D eigenvalue weighted by atomic mass is 32.2. The van der Waals surface area contributed by atoms with Gasteiger partial charge in [0, 0.05) is 30.4 Å². The van der Waals surface area contributed by atoms with Crippen LogP contribution in [0.5, 0.6) is 0 Å². The van der Waals surface area contributed by atoms with E-state index in [9.17, 15) is 9.59 Å². The number of hydrogen-bond donors (Lipinski definition) is 1. The van der Waals surface area contributed by atoms with E-state index in [1.54, 1.807) is 23.0 Å². The summed E-state index contributed by atoms with van der Waals surface area (Å²) >= 11 is 2.76. The minimum absolute atomic E-state index is 0.0833. The van der Waals surface area contributed by atoms with E-state index < -0.39 is 0 Å². The maximum Gasteiger partial charge on any atom is 0.263 e. The van der Waals surface area contributed by atoms with Crippen LogP contribution in [0.2, 0.25) is 0 Å². The molecule has 0 saturated carbocycles.